The summed E-state index contributed by atoms with van der Waals surface area (Å²) in [6.07, 6.45) is 4.75. The third kappa shape index (κ3) is 6.19. The molecule has 48 heavy (non-hydrogen) atoms. The van der Waals surface area contributed by atoms with Crippen LogP contribution in [0.25, 0.3) is 10.6 Å². The van der Waals surface area contributed by atoms with Crippen LogP contribution in [0.4, 0.5) is 5.69 Å². The lowest BCUT2D eigenvalue weighted by molar-refractivity contribution is 0.0949. The van der Waals surface area contributed by atoms with E-state index in [2.05, 4.69) is 41.1 Å². The van der Waals surface area contributed by atoms with E-state index in [1.807, 2.05) is 24.3 Å². The van der Waals surface area contributed by atoms with Gasteiger partial charge in [-0.25, -0.2) is 13.4 Å². The van der Waals surface area contributed by atoms with Gasteiger partial charge in [0.25, 0.3) is 11.8 Å². The van der Waals surface area contributed by atoms with Crippen molar-refractivity contribution in [3.05, 3.63) is 94.3 Å². The number of carbonyl (C=O) groups is 2. The molecule has 0 spiro atoms. The number of nitrogens with zero attached hydrogens (tertiary/aromatic N) is 5. The Hall–Kier alpha value is -4.99. The van der Waals surface area contributed by atoms with Crippen LogP contribution in [0.3, 0.4) is 0 Å². The average molecular weight is 685 g/mol. The van der Waals surface area contributed by atoms with Gasteiger partial charge in [0.15, 0.2) is 5.82 Å². The summed E-state index contributed by atoms with van der Waals surface area (Å²) in [6, 6.07) is 16.9. The van der Waals surface area contributed by atoms with E-state index in [-0.39, 0.29) is 39.2 Å². The molecule has 15 heteroatoms. The Morgan fingerprint density at radius 3 is 2.75 bits per heavy atom. The minimum Gasteiger partial charge on any atom is -0.494 e. The topological polar surface area (TPSA) is 172 Å². The highest BCUT2D eigenvalue weighted by molar-refractivity contribution is 7.91. The second-order valence-electron chi connectivity index (χ2n) is 11.6. The van der Waals surface area contributed by atoms with Crippen LogP contribution in [-0.4, -0.2) is 70.4 Å². The van der Waals surface area contributed by atoms with Gasteiger partial charge in [-0.05, 0) is 86.8 Å². The molecule has 2 aliphatic rings. The van der Waals surface area contributed by atoms with E-state index in [0.717, 1.165) is 59.4 Å². The Morgan fingerprint density at radius 1 is 1.10 bits per heavy atom. The first-order chi connectivity index (χ1) is 23.3. The number of H-pyrrole nitrogens is 1. The van der Waals surface area contributed by atoms with E-state index >= 15 is 0 Å². The van der Waals surface area contributed by atoms with Crippen LogP contribution in [-0.2, 0) is 16.4 Å². The number of fused-ring (bicyclic) bond motifs is 2. The summed E-state index contributed by atoms with van der Waals surface area (Å²) in [4.78, 5) is 33.8. The number of nitrogens with one attached hydrogen (secondary N) is 3. The Balaban J connectivity index is 0.937. The standard InChI is InChI=1S/C33H32N8O5S2/c1-20-24(13-14-28-29(20)36-32(43)25-6-2-3-8-27(25)48(28,44)45)31(42)34-18-23-19-35-33(47-23)21-9-11-22(12-10-21)46-17-5-16-41-15-4-7-26(41)30-37-39-40-38-30/h2-3,6,8-14,19,26H,4-5,7,15-18H2,1H3,(H,34,42)(H,36,43)(H,37,38,39,40)/t26-/m0/s1. The fourth-order valence-electron chi connectivity index (χ4n) is 6.13. The summed E-state index contributed by atoms with van der Waals surface area (Å²) in [6.45, 7) is 4.36. The number of anilines is 1. The van der Waals surface area contributed by atoms with Crippen LogP contribution in [0.1, 0.15) is 62.3 Å². The Bertz CT molecular complexity index is 2080. The number of carbonyl (C=O) groups excluding carboxylic acids is 2. The zero-order valence-corrected chi connectivity index (χ0v) is 27.6. The SMILES string of the molecule is Cc1c(C(=O)NCc2cnc(-c3ccc(OCCCN4CCC[C@H]4c4nn[nH]n4)cc3)s2)ccc2c1NC(=O)c1ccccc1S2(=O)=O. The second kappa shape index (κ2) is 13.3. The van der Waals surface area contributed by atoms with Crippen LogP contribution in [0.15, 0.2) is 76.7 Å². The Morgan fingerprint density at radius 2 is 1.94 bits per heavy atom. The van der Waals surface area contributed by atoms with Crippen LogP contribution in [0.5, 0.6) is 5.75 Å². The Labute approximate surface area is 280 Å². The van der Waals surface area contributed by atoms with Gasteiger partial charge in [-0.2, -0.15) is 5.21 Å². The zero-order valence-electron chi connectivity index (χ0n) is 26.0. The van der Waals surface area contributed by atoms with E-state index in [1.165, 1.54) is 35.6 Å². The number of benzene rings is 3. The summed E-state index contributed by atoms with van der Waals surface area (Å²) in [5.41, 5.74) is 1.74. The molecule has 3 N–H and O–H groups in total. The van der Waals surface area contributed by atoms with E-state index in [9.17, 15) is 18.0 Å². The van der Waals surface area contributed by atoms with Crippen LogP contribution in [0, 0.1) is 6.92 Å². The number of hydrogen-bond donors (Lipinski definition) is 3. The molecule has 7 rings (SSSR count). The molecule has 0 aliphatic carbocycles. The molecule has 246 valence electrons. The molecule has 4 heterocycles. The second-order valence-corrected chi connectivity index (χ2v) is 14.6. The summed E-state index contributed by atoms with van der Waals surface area (Å²) in [5.74, 6) is 0.594. The van der Waals surface area contributed by atoms with Gasteiger partial charge < -0.3 is 15.4 Å². The number of likely N-dealkylation sites (tertiary alicyclic amines) is 1. The zero-order chi connectivity index (χ0) is 33.3. The van der Waals surface area contributed by atoms with E-state index in [1.54, 1.807) is 25.3 Å². The van der Waals surface area contributed by atoms with Crippen molar-refractivity contribution in [2.24, 2.45) is 0 Å². The van der Waals surface area contributed by atoms with E-state index in [0.29, 0.717) is 12.2 Å². The van der Waals surface area contributed by atoms with Crippen molar-refractivity contribution in [1.29, 1.82) is 0 Å². The number of rotatable bonds is 10. The van der Waals surface area contributed by atoms with Gasteiger partial charge in [0.1, 0.15) is 10.8 Å². The molecule has 5 aromatic rings. The lowest BCUT2D eigenvalue weighted by Crippen LogP contribution is -2.26. The van der Waals surface area contributed by atoms with Crippen LogP contribution in [0.2, 0.25) is 0 Å². The van der Waals surface area contributed by atoms with Crippen molar-refractivity contribution in [2.45, 2.75) is 48.6 Å². The van der Waals surface area contributed by atoms with Crippen LogP contribution >= 0.6 is 11.3 Å². The highest BCUT2D eigenvalue weighted by Gasteiger charge is 2.33. The number of aromatic amines is 1. The van der Waals surface area contributed by atoms with Gasteiger partial charge in [-0.1, -0.05) is 17.3 Å². The number of sulfone groups is 1. The molecule has 2 aliphatic heterocycles. The first kappa shape index (κ1) is 31.6. The predicted molar refractivity (Wildman–Crippen MR) is 178 cm³/mol. The molecule has 0 radical (unpaired) electrons. The highest BCUT2D eigenvalue weighted by atomic mass is 32.2. The number of amides is 2. The lowest BCUT2D eigenvalue weighted by Gasteiger charge is -2.21. The normalized spacial score (nSPS) is 16.9. The first-order valence-electron chi connectivity index (χ1n) is 15.5. The molecule has 3 aromatic carbocycles. The van der Waals surface area contributed by atoms with Gasteiger partial charge >= 0.3 is 0 Å². The third-order valence-electron chi connectivity index (χ3n) is 8.58. The Kier molecular flexibility index (Phi) is 8.73. The van der Waals surface area contributed by atoms with Gasteiger partial charge in [0.2, 0.25) is 9.84 Å². The molecule has 0 unspecified atom stereocenters. The highest BCUT2D eigenvalue weighted by Crippen LogP contribution is 2.37. The van der Waals surface area contributed by atoms with Crippen molar-refractivity contribution in [3.63, 3.8) is 0 Å². The lowest BCUT2D eigenvalue weighted by atomic mass is 10.1. The summed E-state index contributed by atoms with van der Waals surface area (Å²) >= 11 is 1.46. The summed E-state index contributed by atoms with van der Waals surface area (Å²) < 4.78 is 32.7. The maximum Gasteiger partial charge on any atom is 0.257 e. The monoisotopic (exact) mass is 684 g/mol. The average Bonchev–Trinajstić information content (AvgIpc) is 3.88. The van der Waals surface area contributed by atoms with Crippen molar-refractivity contribution in [1.82, 2.24) is 35.8 Å². The van der Waals surface area contributed by atoms with Gasteiger partial charge in [-0.3, -0.25) is 14.5 Å². The van der Waals surface area contributed by atoms with Crippen LogP contribution < -0.4 is 15.4 Å². The van der Waals surface area contributed by atoms with Crippen molar-refractivity contribution in [2.75, 3.05) is 25.0 Å². The summed E-state index contributed by atoms with van der Waals surface area (Å²) in [7, 11) is -3.97. The summed E-state index contributed by atoms with van der Waals surface area (Å²) in [5, 5.41) is 20.9. The number of thiazole rings is 1. The van der Waals surface area contributed by atoms with Crippen molar-refractivity contribution in [3.8, 4) is 16.3 Å². The predicted octanol–water partition coefficient (Wildman–Crippen LogP) is 4.57. The molecule has 1 saturated heterocycles. The number of tetrazole rings is 1. The van der Waals surface area contributed by atoms with E-state index in [4.69, 9.17) is 4.74 Å². The first-order valence-corrected chi connectivity index (χ1v) is 17.8. The maximum atomic E-state index is 13.4. The van der Waals surface area contributed by atoms with Crippen molar-refractivity contribution >= 4 is 38.7 Å². The molecule has 13 nitrogen and oxygen atoms in total. The smallest absolute Gasteiger partial charge is 0.257 e. The van der Waals surface area contributed by atoms with Crippen molar-refractivity contribution < 1.29 is 22.7 Å². The fourth-order valence-corrected chi connectivity index (χ4v) is 8.66. The third-order valence-corrected chi connectivity index (χ3v) is 11.5. The molecule has 0 saturated carbocycles. The molecule has 0 bridgehead atoms. The molecule has 1 atom stereocenters. The fraction of sp³-hybridized carbons (Fsp3) is 0.273. The van der Waals surface area contributed by atoms with E-state index < -0.39 is 21.7 Å². The van der Waals surface area contributed by atoms with Gasteiger partial charge in [0.05, 0.1) is 40.2 Å². The van der Waals surface area contributed by atoms with Gasteiger partial charge in [-0.15, -0.1) is 21.5 Å². The maximum absolute atomic E-state index is 13.4. The number of hydrogen-bond acceptors (Lipinski definition) is 11. The minimum atomic E-state index is -3.97. The quantitative estimate of drug-likeness (QED) is 0.177. The number of aromatic nitrogens is 5. The molecular formula is C33H32N8O5S2. The minimum absolute atomic E-state index is 0.0458. The molecular weight excluding hydrogens is 653 g/mol. The molecule has 1 fully saturated rings. The molecule has 2 aromatic heterocycles. The molecule has 2 amide bonds. The number of ether oxygens (including phenoxy) is 1. The van der Waals surface area contributed by atoms with Gasteiger partial charge in [0, 0.05) is 28.7 Å². The largest absolute Gasteiger partial charge is 0.494 e.